The molecule has 0 aliphatic rings. The lowest BCUT2D eigenvalue weighted by molar-refractivity contribution is -0.119. The van der Waals surface area contributed by atoms with Gasteiger partial charge in [-0.2, -0.15) is 0 Å². The molecule has 0 atom stereocenters. The third kappa shape index (κ3) is 6.30. The molecule has 0 aliphatic heterocycles. The summed E-state index contributed by atoms with van der Waals surface area (Å²) in [6.07, 6.45) is 0. The van der Waals surface area contributed by atoms with Crippen molar-refractivity contribution in [1.29, 1.82) is 0 Å². The van der Waals surface area contributed by atoms with E-state index in [0.717, 1.165) is 14.3 Å². The molecule has 0 heterocycles. The minimum atomic E-state index is -3.97. The van der Waals surface area contributed by atoms with Gasteiger partial charge in [-0.05, 0) is 67.6 Å². The highest BCUT2D eigenvalue weighted by molar-refractivity contribution is 9.10. The molecule has 0 fully saturated rings. The van der Waals surface area contributed by atoms with Crippen LogP contribution in [0.3, 0.4) is 0 Å². The Morgan fingerprint density at radius 1 is 1.00 bits per heavy atom. The van der Waals surface area contributed by atoms with Crippen LogP contribution in [-0.4, -0.2) is 34.0 Å². The number of halogens is 2. The number of sulfonamides is 1. The summed E-state index contributed by atoms with van der Waals surface area (Å²) in [6, 6.07) is 18.7. The van der Waals surface area contributed by atoms with Gasteiger partial charge in [-0.15, -0.1) is 0 Å². The van der Waals surface area contributed by atoms with Crippen molar-refractivity contribution in [3.8, 4) is 5.75 Å². The fourth-order valence-electron chi connectivity index (χ4n) is 2.84. The van der Waals surface area contributed by atoms with Gasteiger partial charge in [0.1, 0.15) is 24.7 Å². The Morgan fingerprint density at radius 2 is 1.62 bits per heavy atom. The molecule has 1 N–H and O–H groups in total. The molecule has 3 aromatic carbocycles. The van der Waals surface area contributed by atoms with E-state index in [4.69, 9.17) is 4.74 Å². The van der Waals surface area contributed by atoms with Gasteiger partial charge in [0.25, 0.3) is 10.0 Å². The molecule has 3 rings (SSSR count). The van der Waals surface area contributed by atoms with E-state index < -0.39 is 22.5 Å². The van der Waals surface area contributed by atoms with Gasteiger partial charge in [-0.1, -0.05) is 33.6 Å². The average Bonchev–Trinajstić information content (AvgIpc) is 2.77. The Bertz CT molecular complexity index is 1150. The second-order valence-electron chi connectivity index (χ2n) is 6.95. The maximum atomic E-state index is 13.3. The summed E-state index contributed by atoms with van der Waals surface area (Å²) < 4.78 is 46.8. The Morgan fingerprint density at radius 3 is 2.25 bits per heavy atom. The Labute approximate surface area is 195 Å². The molecule has 9 heteroatoms. The predicted octanol–water partition coefficient (Wildman–Crippen LogP) is 4.29. The lowest BCUT2D eigenvalue weighted by Crippen LogP contribution is -2.41. The highest BCUT2D eigenvalue weighted by Crippen LogP contribution is 2.25. The SMILES string of the molecule is Cc1ccc(S(=O)(=O)N(CC(=O)NCCOc2ccc(F)cc2)c2ccc(Br)cc2)cc1. The zero-order valence-electron chi connectivity index (χ0n) is 17.3. The van der Waals surface area contributed by atoms with Crippen LogP contribution in [0.1, 0.15) is 5.56 Å². The molecule has 0 saturated carbocycles. The van der Waals surface area contributed by atoms with E-state index in [2.05, 4.69) is 21.2 Å². The molecule has 0 aliphatic carbocycles. The van der Waals surface area contributed by atoms with Crippen LogP contribution < -0.4 is 14.4 Å². The monoisotopic (exact) mass is 520 g/mol. The van der Waals surface area contributed by atoms with Gasteiger partial charge >= 0.3 is 0 Å². The quantitative estimate of drug-likeness (QED) is 0.427. The van der Waals surface area contributed by atoms with Gasteiger partial charge < -0.3 is 10.1 Å². The van der Waals surface area contributed by atoms with Crippen LogP contribution in [0.2, 0.25) is 0 Å². The lowest BCUT2D eigenvalue weighted by Gasteiger charge is -2.24. The fraction of sp³-hybridized carbons (Fsp3) is 0.174. The number of rotatable bonds is 9. The van der Waals surface area contributed by atoms with Gasteiger partial charge in [0, 0.05) is 4.47 Å². The summed E-state index contributed by atoms with van der Waals surface area (Å²) in [5, 5.41) is 2.66. The molecule has 0 unspecified atom stereocenters. The number of anilines is 1. The van der Waals surface area contributed by atoms with Crippen LogP contribution >= 0.6 is 15.9 Å². The summed E-state index contributed by atoms with van der Waals surface area (Å²) in [6.45, 7) is 1.79. The van der Waals surface area contributed by atoms with Crippen molar-refractivity contribution >= 4 is 37.5 Å². The summed E-state index contributed by atoms with van der Waals surface area (Å²) in [5.41, 5.74) is 1.30. The van der Waals surface area contributed by atoms with E-state index in [1.807, 2.05) is 6.92 Å². The molecule has 3 aromatic rings. The smallest absolute Gasteiger partial charge is 0.264 e. The molecule has 1 amide bonds. The van der Waals surface area contributed by atoms with Crippen LogP contribution in [0.5, 0.6) is 5.75 Å². The van der Waals surface area contributed by atoms with Crippen LogP contribution in [0, 0.1) is 12.7 Å². The maximum absolute atomic E-state index is 13.3. The van der Waals surface area contributed by atoms with Gasteiger partial charge in [0.2, 0.25) is 5.91 Å². The maximum Gasteiger partial charge on any atom is 0.264 e. The van der Waals surface area contributed by atoms with Crippen molar-refractivity contribution in [1.82, 2.24) is 5.32 Å². The third-order valence-corrected chi connectivity index (χ3v) is 6.83. The third-order valence-electron chi connectivity index (χ3n) is 4.52. The number of ether oxygens (including phenoxy) is 1. The molecule has 6 nitrogen and oxygen atoms in total. The first-order valence-electron chi connectivity index (χ1n) is 9.76. The highest BCUT2D eigenvalue weighted by Gasteiger charge is 2.27. The van der Waals surface area contributed by atoms with Gasteiger partial charge in [0.15, 0.2) is 0 Å². The number of aryl methyl sites for hydroxylation is 1. The zero-order valence-corrected chi connectivity index (χ0v) is 19.7. The summed E-state index contributed by atoms with van der Waals surface area (Å²) in [4.78, 5) is 12.6. The topological polar surface area (TPSA) is 75.7 Å². The van der Waals surface area contributed by atoms with E-state index >= 15 is 0 Å². The molecular weight excluding hydrogens is 499 g/mol. The Hall–Kier alpha value is -2.91. The van der Waals surface area contributed by atoms with Crippen LogP contribution in [0.4, 0.5) is 10.1 Å². The number of amides is 1. The molecule has 0 radical (unpaired) electrons. The molecule has 0 saturated heterocycles. The summed E-state index contributed by atoms with van der Waals surface area (Å²) in [7, 11) is -3.97. The Balaban J connectivity index is 1.69. The molecule has 32 heavy (non-hydrogen) atoms. The zero-order chi connectivity index (χ0) is 23.1. The highest BCUT2D eigenvalue weighted by atomic mass is 79.9. The second-order valence-corrected chi connectivity index (χ2v) is 9.73. The van der Waals surface area contributed by atoms with Gasteiger partial charge in [0.05, 0.1) is 17.1 Å². The normalized spacial score (nSPS) is 11.1. The molecule has 168 valence electrons. The molecule has 0 bridgehead atoms. The van der Waals surface area contributed by atoms with Crippen LogP contribution in [0.25, 0.3) is 0 Å². The number of nitrogens with zero attached hydrogens (tertiary/aromatic N) is 1. The molecular formula is C23H22BrFN2O4S. The van der Waals surface area contributed by atoms with Crippen molar-refractivity contribution < 1.29 is 22.3 Å². The predicted molar refractivity (Wildman–Crippen MR) is 125 cm³/mol. The fourth-order valence-corrected chi connectivity index (χ4v) is 4.52. The molecule has 0 spiro atoms. The number of carbonyl (C=O) groups is 1. The van der Waals surface area contributed by atoms with Crippen LogP contribution in [0.15, 0.2) is 82.2 Å². The van der Waals surface area contributed by atoms with Crippen LogP contribution in [-0.2, 0) is 14.8 Å². The summed E-state index contributed by atoms with van der Waals surface area (Å²) >= 11 is 3.33. The first kappa shape index (κ1) is 23.7. The number of benzene rings is 3. The largest absolute Gasteiger partial charge is 0.492 e. The minimum Gasteiger partial charge on any atom is -0.492 e. The molecule has 0 aromatic heterocycles. The number of nitrogens with one attached hydrogen (secondary N) is 1. The summed E-state index contributed by atoms with van der Waals surface area (Å²) in [5.74, 6) is -0.376. The Kier molecular flexibility index (Phi) is 7.87. The number of carbonyl (C=O) groups excluding carboxylic acids is 1. The van der Waals surface area contributed by atoms with Crippen molar-refractivity contribution in [3.05, 3.63) is 88.6 Å². The van der Waals surface area contributed by atoms with E-state index in [1.54, 1.807) is 36.4 Å². The van der Waals surface area contributed by atoms with E-state index in [0.29, 0.717) is 11.4 Å². The van der Waals surface area contributed by atoms with Crippen molar-refractivity contribution in [2.75, 3.05) is 24.0 Å². The van der Waals surface area contributed by atoms with Crippen molar-refractivity contribution in [2.45, 2.75) is 11.8 Å². The van der Waals surface area contributed by atoms with E-state index in [1.165, 1.54) is 36.4 Å². The standard InChI is InChI=1S/C23H22BrFN2O4S/c1-17-2-12-22(13-3-17)32(29,30)27(20-8-4-18(24)5-9-20)16-23(28)26-14-15-31-21-10-6-19(25)7-11-21/h2-13H,14-16H2,1H3,(H,26,28). The first-order valence-corrected chi connectivity index (χ1v) is 12.0. The van der Waals surface area contributed by atoms with Crippen molar-refractivity contribution in [3.63, 3.8) is 0 Å². The minimum absolute atomic E-state index is 0.0958. The average molecular weight is 521 g/mol. The van der Waals surface area contributed by atoms with E-state index in [9.17, 15) is 17.6 Å². The van der Waals surface area contributed by atoms with Crippen molar-refractivity contribution in [2.24, 2.45) is 0 Å². The van der Waals surface area contributed by atoms with Gasteiger partial charge in [-0.25, -0.2) is 12.8 Å². The van der Waals surface area contributed by atoms with Gasteiger partial charge in [-0.3, -0.25) is 9.10 Å². The second kappa shape index (κ2) is 10.6. The van der Waals surface area contributed by atoms with E-state index in [-0.39, 0.29) is 23.9 Å². The lowest BCUT2D eigenvalue weighted by atomic mass is 10.2. The number of hydrogen-bond donors (Lipinski definition) is 1. The number of hydrogen-bond acceptors (Lipinski definition) is 4. The first-order chi connectivity index (χ1) is 15.3.